The van der Waals surface area contributed by atoms with Crippen molar-refractivity contribution < 1.29 is 4.79 Å². The summed E-state index contributed by atoms with van der Waals surface area (Å²) in [6, 6.07) is 29.3. The standard InChI is InChI=1S/C30H35N3O/c34-30(31-28-12-5-2-6-13-28)33-22-26-11-7-8-14-29(26)27(23-33)17-20-32-18-15-25(16-19-32)21-24-9-3-1-4-10-24/h1-14,25,27H,15-23H2,(H,31,34). The molecule has 1 atom stereocenters. The van der Waals surface area contributed by atoms with Gasteiger partial charge in [-0.15, -0.1) is 0 Å². The van der Waals surface area contributed by atoms with Crippen molar-refractivity contribution >= 4 is 11.7 Å². The number of carbonyl (C=O) groups excluding carboxylic acids is 1. The number of carbonyl (C=O) groups is 1. The van der Waals surface area contributed by atoms with Gasteiger partial charge < -0.3 is 15.1 Å². The number of nitrogens with one attached hydrogen (secondary N) is 1. The topological polar surface area (TPSA) is 35.6 Å². The van der Waals surface area contributed by atoms with Gasteiger partial charge in [-0.25, -0.2) is 4.79 Å². The molecule has 0 aliphatic carbocycles. The molecule has 176 valence electrons. The highest BCUT2D eigenvalue weighted by molar-refractivity contribution is 5.89. The largest absolute Gasteiger partial charge is 0.322 e. The number of anilines is 1. The van der Waals surface area contributed by atoms with Crippen molar-refractivity contribution in [1.29, 1.82) is 0 Å². The molecule has 4 nitrogen and oxygen atoms in total. The van der Waals surface area contributed by atoms with Crippen LogP contribution in [0.25, 0.3) is 0 Å². The van der Waals surface area contributed by atoms with Crippen LogP contribution in [0.4, 0.5) is 10.5 Å². The number of para-hydroxylation sites is 1. The number of urea groups is 1. The van der Waals surface area contributed by atoms with Crippen molar-refractivity contribution in [3.05, 3.63) is 102 Å². The molecule has 0 aromatic heterocycles. The molecule has 2 heterocycles. The van der Waals surface area contributed by atoms with Gasteiger partial charge in [-0.3, -0.25) is 0 Å². The zero-order chi connectivity index (χ0) is 23.2. The number of hydrogen-bond acceptors (Lipinski definition) is 2. The zero-order valence-electron chi connectivity index (χ0n) is 19.9. The smallest absolute Gasteiger partial charge is 0.320 e. The van der Waals surface area contributed by atoms with Crippen LogP contribution in [0.1, 0.15) is 41.9 Å². The molecular formula is C30H35N3O. The van der Waals surface area contributed by atoms with Crippen molar-refractivity contribution in [1.82, 2.24) is 9.80 Å². The Balaban J connectivity index is 1.16. The van der Waals surface area contributed by atoms with E-state index in [1.807, 2.05) is 35.2 Å². The molecule has 0 spiro atoms. The number of nitrogens with zero attached hydrogens (tertiary/aromatic N) is 2. The Morgan fingerprint density at radius 1 is 0.853 bits per heavy atom. The molecule has 3 aromatic rings. The highest BCUT2D eigenvalue weighted by Gasteiger charge is 2.29. The second-order valence-corrected chi connectivity index (χ2v) is 9.84. The van der Waals surface area contributed by atoms with Crippen LogP contribution in [0.3, 0.4) is 0 Å². The lowest BCUT2D eigenvalue weighted by Gasteiger charge is -2.37. The molecule has 1 fully saturated rings. The molecule has 5 rings (SSSR count). The lowest BCUT2D eigenvalue weighted by atomic mass is 9.86. The number of hydrogen-bond donors (Lipinski definition) is 1. The molecular weight excluding hydrogens is 418 g/mol. The molecule has 0 saturated carbocycles. The SMILES string of the molecule is O=C(Nc1ccccc1)N1Cc2ccccc2C(CCN2CCC(Cc3ccccc3)CC2)C1. The van der Waals surface area contributed by atoms with Crippen LogP contribution in [0.2, 0.25) is 0 Å². The van der Waals surface area contributed by atoms with Gasteiger partial charge in [-0.05, 0) is 80.1 Å². The van der Waals surface area contributed by atoms with Crippen molar-refractivity contribution in [2.24, 2.45) is 5.92 Å². The Morgan fingerprint density at radius 3 is 2.29 bits per heavy atom. The van der Waals surface area contributed by atoms with Gasteiger partial charge in [0.25, 0.3) is 0 Å². The predicted molar refractivity (Wildman–Crippen MR) is 139 cm³/mol. The molecule has 0 radical (unpaired) electrons. The quantitative estimate of drug-likeness (QED) is 0.485. The van der Waals surface area contributed by atoms with Crippen LogP contribution in [0.5, 0.6) is 0 Å². The first-order valence-corrected chi connectivity index (χ1v) is 12.7. The molecule has 1 unspecified atom stereocenters. The minimum absolute atomic E-state index is 0.00701. The number of amides is 2. The van der Waals surface area contributed by atoms with E-state index in [1.165, 1.54) is 49.0 Å². The summed E-state index contributed by atoms with van der Waals surface area (Å²) >= 11 is 0. The Hall–Kier alpha value is -3.11. The summed E-state index contributed by atoms with van der Waals surface area (Å²) in [5.74, 6) is 1.18. The van der Waals surface area contributed by atoms with Crippen LogP contribution in [0.15, 0.2) is 84.9 Å². The number of benzene rings is 3. The van der Waals surface area contributed by atoms with Crippen molar-refractivity contribution in [3.8, 4) is 0 Å². The molecule has 3 aromatic carbocycles. The number of rotatable bonds is 6. The van der Waals surface area contributed by atoms with Gasteiger partial charge in [0.2, 0.25) is 0 Å². The van der Waals surface area contributed by atoms with Crippen LogP contribution >= 0.6 is 0 Å². The second-order valence-electron chi connectivity index (χ2n) is 9.84. The number of fused-ring (bicyclic) bond motifs is 1. The fourth-order valence-corrected chi connectivity index (χ4v) is 5.54. The third-order valence-electron chi connectivity index (χ3n) is 7.48. The van der Waals surface area contributed by atoms with Crippen LogP contribution in [0, 0.1) is 5.92 Å². The van der Waals surface area contributed by atoms with E-state index in [1.54, 1.807) is 0 Å². The summed E-state index contributed by atoms with van der Waals surface area (Å²) in [6.45, 7) is 4.93. The van der Waals surface area contributed by atoms with E-state index in [4.69, 9.17) is 0 Å². The summed E-state index contributed by atoms with van der Waals surface area (Å²) in [5.41, 5.74) is 5.02. The van der Waals surface area contributed by atoms with Gasteiger partial charge in [0, 0.05) is 24.7 Å². The van der Waals surface area contributed by atoms with Crippen molar-refractivity contribution in [2.45, 2.75) is 38.1 Å². The first-order valence-electron chi connectivity index (χ1n) is 12.7. The monoisotopic (exact) mass is 453 g/mol. The van der Waals surface area contributed by atoms with Crippen molar-refractivity contribution in [2.75, 3.05) is 31.5 Å². The summed E-state index contributed by atoms with van der Waals surface area (Å²) < 4.78 is 0. The van der Waals surface area contributed by atoms with Crippen molar-refractivity contribution in [3.63, 3.8) is 0 Å². The summed E-state index contributed by atoms with van der Waals surface area (Å²) in [5, 5.41) is 3.07. The minimum Gasteiger partial charge on any atom is -0.320 e. The maximum atomic E-state index is 13.0. The maximum absolute atomic E-state index is 13.0. The van der Waals surface area contributed by atoms with E-state index >= 15 is 0 Å². The van der Waals surface area contributed by atoms with Crippen LogP contribution < -0.4 is 5.32 Å². The Morgan fingerprint density at radius 2 is 1.53 bits per heavy atom. The van der Waals surface area contributed by atoms with Gasteiger partial charge in [-0.2, -0.15) is 0 Å². The van der Waals surface area contributed by atoms with Gasteiger partial charge >= 0.3 is 6.03 Å². The summed E-state index contributed by atoms with van der Waals surface area (Å²) in [7, 11) is 0. The Bertz CT molecular complexity index is 1060. The van der Waals surface area contributed by atoms with Gasteiger partial charge in [0.1, 0.15) is 0 Å². The molecule has 34 heavy (non-hydrogen) atoms. The van der Waals surface area contributed by atoms with Gasteiger partial charge in [-0.1, -0.05) is 72.8 Å². The molecule has 1 saturated heterocycles. The minimum atomic E-state index is -0.00701. The van der Waals surface area contributed by atoms with Crippen LogP contribution in [-0.2, 0) is 13.0 Å². The van der Waals surface area contributed by atoms with E-state index in [0.29, 0.717) is 12.5 Å². The summed E-state index contributed by atoms with van der Waals surface area (Å²) in [4.78, 5) is 17.6. The highest BCUT2D eigenvalue weighted by Crippen LogP contribution is 2.32. The molecule has 4 heteroatoms. The average Bonchev–Trinajstić information content (AvgIpc) is 2.89. The third-order valence-corrected chi connectivity index (χ3v) is 7.48. The van der Waals surface area contributed by atoms with E-state index in [2.05, 4.69) is 64.8 Å². The molecule has 1 N–H and O–H groups in total. The average molecular weight is 454 g/mol. The maximum Gasteiger partial charge on any atom is 0.322 e. The lowest BCUT2D eigenvalue weighted by molar-refractivity contribution is 0.168. The first-order chi connectivity index (χ1) is 16.7. The fourth-order valence-electron chi connectivity index (χ4n) is 5.54. The molecule has 2 aliphatic heterocycles. The van der Waals surface area contributed by atoms with Gasteiger partial charge in [0.05, 0.1) is 0 Å². The molecule has 2 aliphatic rings. The first kappa shape index (κ1) is 22.7. The molecule has 0 bridgehead atoms. The lowest BCUT2D eigenvalue weighted by Crippen LogP contribution is -2.42. The predicted octanol–water partition coefficient (Wildman–Crippen LogP) is 6.16. The van der Waals surface area contributed by atoms with E-state index in [9.17, 15) is 4.79 Å². The highest BCUT2D eigenvalue weighted by atomic mass is 16.2. The zero-order valence-corrected chi connectivity index (χ0v) is 19.9. The molecule has 2 amide bonds. The number of piperidine rings is 1. The Kier molecular flexibility index (Phi) is 7.25. The number of likely N-dealkylation sites (tertiary alicyclic amines) is 1. The summed E-state index contributed by atoms with van der Waals surface area (Å²) in [6.07, 6.45) is 4.86. The van der Waals surface area contributed by atoms with E-state index in [0.717, 1.165) is 31.1 Å². The van der Waals surface area contributed by atoms with E-state index < -0.39 is 0 Å². The second kappa shape index (κ2) is 10.9. The fraction of sp³-hybridized carbons (Fsp3) is 0.367. The van der Waals surface area contributed by atoms with E-state index in [-0.39, 0.29) is 6.03 Å². The van der Waals surface area contributed by atoms with Gasteiger partial charge in [0.15, 0.2) is 0 Å². The Labute approximate surface area is 203 Å². The van der Waals surface area contributed by atoms with Crippen LogP contribution in [-0.4, -0.2) is 42.0 Å². The normalized spacial score (nSPS) is 18.9. The third kappa shape index (κ3) is 5.68.